The summed E-state index contributed by atoms with van der Waals surface area (Å²) >= 11 is 2.37. The van der Waals surface area contributed by atoms with Crippen LogP contribution >= 0.6 is 22.6 Å². The first-order valence-corrected chi connectivity index (χ1v) is 4.80. The minimum atomic E-state index is -0.327. The number of halogens is 2. The highest BCUT2D eigenvalue weighted by Gasteiger charge is 2.25. The normalized spacial score (nSPS) is 41.7. The van der Waals surface area contributed by atoms with E-state index in [2.05, 4.69) is 29.5 Å². The van der Waals surface area contributed by atoms with Crippen LogP contribution in [-0.2, 0) is 4.74 Å². The predicted octanol–water partition coefficient (Wildman–Crippen LogP) is 2.18. The molecule has 0 aromatic heterocycles. The lowest BCUT2D eigenvalue weighted by Crippen LogP contribution is -2.33. The van der Waals surface area contributed by atoms with Gasteiger partial charge in [-0.05, 0) is 12.3 Å². The summed E-state index contributed by atoms with van der Waals surface area (Å²) in [5, 5.41) is 0. The van der Waals surface area contributed by atoms with Crippen LogP contribution in [0.25, 0.3) is 0 Å². The molecule has 0 spiro atoms. The van der Waals surface area contributed by atoms with Gasteiger partial charge in [-0.2, -0.15) is 0 Å². The number of alkyl halides is 2. The summed E-state index contributed by atoms with van der Waals surface area (Å²) in [6.45, 7) is 2.54. The van der Waals surface area contributed by atoms with Crippen LogP contribution in [0.4, 0.5) is 4.39 Å². The van der Waals surface area contributed by atoms with Crippen molar-refractivity contribution in [2.75, 3.05) is 13.3 Å². The van der Waals surface area contributed by atoms with E-state index in [1.807, 2.05) is 0 Å². The van der Waals surface area contributed by atoms with Gasteiger partial charge in [0.2, 0.25) is 0 Å². The Bertz CT molecular complexity index is 110. The second-order valence-corrected chi connectivity index (χ2v) is 4.44. The third-order valence-electron chi connectivity index (χ3n) is 1.87. The molecule has 3 heteroatoms. The maximum Gasteiger partial charge on any atom is 0.116 e. The van der Waals surface area contributed by atoms with Crippen molar-refractivity contribution in [2.24, 2.45) is 5.92 Å². The second kappa shape index (κ2) is 3.85. The zero-order valence-electron chi connectivity index (χ0n) is 6.02. The molecular formula is C7H12FIO. The van der Waals surface area contributed by atoms with E-state index in [0.29, 0.717) is 9.84 Å². The largest absolute Gasteiger partial charge is 0.375 e. The summed E-state index contributed by atoms with van der Waals surface area (Å²) in [5.74, 6) is 0.586. The summed E-state index contributed by atoms with van der Waals surface area (Å²) in [4.78, 5) is 0. The highest BCUT2D eigenvalue weighted by atomic mass is 127. The van der Waals surface area contributed by atoms with E-state index in [9.17, 15) is 4.39 Å². The van der Waals surface area contributed by atoms with Crippen LogP contribution in [-0.4, -0.2) is 23.3 Å². The van der Waals surface area contributed by atoms with Gasteiger partial charge in [0.15, 0.2) is 0 Å². The second-order valence-electron chi connectivity index (χ2n) is 2.84. The lowest BCUT2D eigenvalue weighted by Gasteiger charge is -2.29. The monoisotopic (exact) mass is 258 g/mol. The van der Waals surface area contributed by atoms with Crippen molar-refractivity contribution in [1.82, 2.24) is 0 Å². The van der Waals surface area contributed by atoms with Crippen LogP contribution in [0, 0.1) is 5.92 Å². The van der Waals surface area contributed by atoms with Crippen molar-refractivity contribution in [1.29, 1.82) is 0 Å². The molecule has 10 heavy (non-hydrogen) atoms. The zero-order chi connectivity index (χ0) is 7.56. The Kier molecular flexibility index (Phi) is 3.36. The van der Waals surface area contributed by atoms with Gasteiger partial charge in [-0.3, -0.25) is 0 Å². The lowest BCUT2D eigenvalue weighted by atomic mass is 10.0. The smallest absolute Gasteiger partial charge is 0.116 e. The van der Waals surface area contributed by atoms with Crippen molar-refractivity contribution in [3.05, 3.63) is 0 Å². The molecule has 1 nitrogen and oxygen atoms in total. The van der Waals surface area contributed by atoms with Gasteiger partial charge in [0.1, 0.15) is 6.67 Å². The molecule has 1 fully saturated rings. The highest BCUT2D eigenvalue weighted by Crippen LogP contribution is 2.25. The van der Waals surface area contributed by atoms with Gasteiger partial charge in [-0.1, -0.05) is 29.5 Å². The summed E-state index contributed by atoms with van der Waals surface area (Å²) in [6, 6.07) is 0. The summed E-state index contributed by atoms with van der Waals surface area (Å²) in [5.41, 5.74) is 0. The number of rotatable bonds is 1. The average molecular weight is 258 g/mol. The number of ether oxygens (including phenoxy) is 1. The maximum absolute atomic E-state index is 12.1. The topological polar surface area (TPSA) is 9.23 Å². The van der Waals surface area contributed by atoms with Crippen LogP contribution in [0.5, 0.6) is 0 Å². The molecule has 0 radical (unpaired) electrons. The van der Waals surface area contributed by atoms with Gasteiger partial charge in [-0.15, -0.1) is 0 Å². The standard InChI is InChI=1S/C7H12FIO/c1-5-4-10-6(3-8)2-7(5)9/h5-7H,2-4H2,1H3/t5-,6?,7+/m1/s1. The minimum absolute atomic E-state index is 0.127. The Balaban J connectivity index is 2.33. The average Bonchev–Trinajstić information content (AvgIpc) is 1.95. The van der Waals surface area contributed by atoms with E-state index in [4.69, 9.17) is 4.74 Å². The molecule has 0 saturated carbocycles. The molecule has 1 saturated heterocycles. The molecule has 1 rings (SSSR count). The van der Waals surface area contributed by atoms with Gasteiger partial charge in [0, 0.05) is 3.92 Å². The molecule has 0 aromatic carbocycles. The van der Waals surface area contributed by atoms with Crippen LogP contribution < -0.4 is 0 Å². The SMILES string of the molecule is C[C@@H]1COC(CF)C[C@@H]1I. The molecule has 1 unspecified atom stereocenters. The van der Waals surface area contributed by atoms with Gasteiger partial charge >= 0.3 is 0 Å². The van der Waals surface area contributed by atoms with Gasteiger partial charge in [0.25, 0.3) is 0 Å². The lowest BCUT2D eigenvalue weighted by molar-refractivity contribution is -0.0169. The quantitative estimate of drug-likeness (QED) is 0.517. The van der Waals surface area contributed by atoms with E-state index in [1.54, 1.807) is 0 Å². The molecule has 3 atom stereocenters. The van der Waals surface area contributed by atoms with Crippen LogP contribution in [0.3, 0.4) is 0 Å². The fraction of sp³-hybridized carbons (Fsp3) is 1.00. The van der Waals surface area contributed by atoms with E-state index in [1.165, 1.54) is 0 Å². The molecule has 0 N–H and O–H groups in total. The van der Waals surface area contributed by atoms with Crippen LogP contribution in [0.2, 0.25) is 0 Å². The Morgan fingerprint density at radius 2 is 2.40 bits per heavy atom. The van der Waals surface area contributed by atoms with Gasteiger partial charge in [-0.25, -0.2) is 4.39 Å². The number of hydrogen-bond acceptors (Lipinski definition) is 1. The predicted molar refractivity (Wildman–Crippen MR) is 47.3 cm³/mol. The first-order valence-electron chi connectivity index (χ1n) is 3.55. The minimum Gasteiger partial charge on any atom is -0.375 e. The third-order valence-corrected chi connectivity index (χ3v) is 3.61. The Morgan fingerprint density at radius 3 is 2.90 bits per heavy atom. The van der Waals surface area contributed by atoms with Crippen LogP contribution in [0.15, 0.2) is 0 Å². The first-order chi connectivity index (χ1) is 4.74. The molecule has 0 amide bonds. The molecule has 0 aromatic rings. The van der Waals surface area contributed by atoms with Crippen molar-refractivity contribution in [2.45, 2.75) is 23.4 Å². The molecule has 1 aliphatic rings. The van der Waals surface area contributed by atoms with Crippen molar-refractivity contribution < 1.29 is 9.13 Å². The third kappa shape index (κ3) is 2.05. The van der Waals surface area contributed by atoms with E-state index in [-0.39, 0.29) is 12.8 Å². The van der Waals surface area contributed by atoms with E-state index >= 15 is 0 Å². The van der Waals surface area contributed by atoms with Crippen molar-refractivity contribution in [3.63, 3.8) is 0 Å². The molecule has 60 valence electrons. The summed E-state index contributed by atoms with van der Waals surface area (Å²) in [7, 11) is 0. The van der Waals surface area contributed by atoms with Crippen LogP contribution in [0.1, 0.15) is 13.3 Å². The van der Waals surface area contributed by atoms with Gasteiger partial charge in [0.05, 0.1) is 12.7 Å². The number of hydrogen-bond donors (Lipinski definition) is 0. The van der Waals surface area contributed by atoms with Gasteiger partial charge < -0.3 is 4.74 Å². The molecule has 1 aliphatic heterocycles. The van der Waals surface area contributed by atoms with Crippen molar-refractivity contribution in [3.8, 4) is 0 Å². The summed E-state index contributed by atoms with van der Waals surface area (Å²) < 4.78 is 17.9. The highest BCUT2D eigenvalue weighted by molar-refractivity contribution is 14.1. The van der Waals surface area contributed by atoms with Crippen molar-refractivity contribution >= 4 is 22.6 Å². The molecule has 0 bridgehead atoms. The molecule has 1 heterocycles. The maximum atomic E-state index is 12.1. The molecular weight excluding hydrogens is 246 g/mol. The fourth-order valence-corrected chi connectivity index (χ4v) is 1.83. The van der Waals surface area contributed by atoms with E-state index < -0.39 is 0 Å². The molecule has 0 aliphatic carbocycles. The summed E-state index contributed by atoms with van der Waals surface area (Å²) in [6.07, 6.45) is 0.746. The zero-order valence-corrected chi connectivity index (χ0v) is 8.18. The Morgan fingerprint density at radius 1 is 1.70 bits per heavy atom. The Hall–Kier alpha value is 0.620. The fourth-order valence-electron chi connectivity index (χ4n) is 1.05. The first kappa shape index (κ1) is 8.71. The van der Waals surface area contributed by atoms with E-state index in [0.717, 1.165) is 13.0 Å². The Labute approximate surface area is 74.5 Å².